The van der Waals surface area contributed by atoms with Crippen molar-refractivity contribution in [1.82, 2.24) is 5.32 Å². The molecule has 0 bridgehead atoms. The standard InChI is InChI=1S/C11H11NO.CH3.2Y/c1-7-5-11-6-8(11)2-3-12-10(11)4-9(7)13;;;/h4,8,12H,1-3,6H2;1H3;;/q-2;-1;;. The van der Waals surface area contributed by atoms with Crippen LogP contribution >= 0.6 is 0 Å². The molecule has 16 heavy (non-hydrogen) atoms. The van der Waals surface area contributed by atoms with Gasteiger partial charge in [0.15, 0.2) is 0 Å². The number of piperidine rings is 1. The largest absolute Gasteiger partial charge is 0.440 e. The van der Waals surface area contributed by atoms with Gasteiger partial charge in [-0.25, -0.2) is 0 Å². The zero-order valence-electron chi connectivity index (χ0n) is 9.55. The predicted octanol–water partition coefficient (Wildman–Crippen LogP) is 1.46. The number of allylic oxidation sites excluding steroid dienone is 3. The van der Waals surface area contributed by atoms with Crippen molar-refractivity contribution in [3.63, 3.8) is 0 Å². The van der Waals surface area contributed by atoms with E-state index in [1.807, 2.05) is 0 Å². The summed E-state index contributed by atoms with van der Waals surface area (Å²) in [6.07, 6.45) is 7.30. The number of rotatable bonds is 0. The second-order valence-corrected chi connectivity index (χ2v) is 4.11. The van der Waals surface area contributed by atoms with Crippen LogP contribution in [0.25, 0.3) is 0 Å². The summed E-state index contributed by atoms with van der Waals surface area (Å²) in [4.78, 5) is 11.3. The van der Waals surface area contributed by atoms with E-state index in [9.17, 15) is 4.79 Å². The van der Waals surface area contributed by atoms with Crippen molar-refractivity contribution in [2.24, 2.45) is 11.3 Å². The van der Waals surface area contributed by atoms with Crippen LogP contribution in [0.3, 0.4) is 0 Å². The van der Waals surface area contributed by atoms with Crippen molar-refractivity contribution in [1.29, 1.82) is 0 Å². The number of hydrogen-bond acceptors (Lipinski definition) is 2. The van der Waals surface area contributed by atoms with Crippen LogP contribution in [-0.2, 0) is 70.2 Å². The minimum atomic E-state index is 0. The van der Waals surface area contributed by atoms with Crippen LogP contribution in [0.1, 0.15) is 12.8 Å². The zero-order valence-corrected chi connectivity index (χ0v) is 15.2. The fraction of sp³-hybridized carbons (Fsp3) is 0.417. The quantitative estimate of drug-likeness (QED) is 0.658. The fourth-order valence-electron chi connectivity index (χ4n) is 2.50. The molecule has 1 heterocycles. The molecule has 3 aliphatic rings. The summed E-state index contributed by atoms with van der Waals surface area (Å²) >= 11 is 0. The second kappa shape index (κ2) is 5.78. The fourth-order valence-corrected chi connectivity index (χ4v) is 2.50. The van der Waals surface area contributed by atoms with Gasteiger partial charge in [-0.05, 0) is 23.8 Å². The smallest absolute Gasteiger partial charge is 0.0145 e. The predicted molar refractivity (Wildman–Crippen MR) is 54.8 cm³/mol. The van der Waals surface area contributed by atoms with Crippen molar-refractivity contribution in [2.45, 2.75) is 12.8 Å². The first-order chi connectivity index (χ1) is 6.22. The Kier molecular flexibility index (Phi) is 6.15. The molecule has 2 aliphatic carbocycles. The minimum Gasteiger partial charge on any atom is -0.440 e. The summed E-state index contributed by atoms with van der Waals surface area (Å²) in [5.41, 5.74) is 1.71. The number of hydrogen-bond donors (Lipinski definition) is 1. The molecule has 2 fully saturated rings. The summed E-state index contributed by atoms with van der Waals surface area (Å²) in [6.45, 7) is 4.72. The zero-order chi connectivity index (χ0) is 9.05. The third-order valence-electron chi connectivity index (χ3n) is 3.34. The molecule has 4 heteroatoms. The van der Waals surface area contributed by atoms with Gasteiger partial charge in [0, 0.05) is 72.0 Å². The molecule has 0 amide bonds. The van der Waals surface area contributed by atoms with Crippen LogP contribution in [0, 0.1) is 31.8 Å². The number of ketones is 1. The van der Waals surface area contributed by atoms with Gasteiger partial charge < -0.3 is 36.1 Å². The average molecular weight is 366 g/mol. The Balaban J connectivity index is 0.000000750. The number of carbonyl (C=O) groups is 1. The molecule has 2 radical (unpaired) electrons. The maximum absolute atomic E-state index is 11.3. The maximum atomic E-state index is 11.3. The first-order valence-corrected chi connectivity index (χ1v) is 4.70. The SMILES string of the molecule is [CH2-]C1=[C-]C23CC2CCNC3=CC1=O.[CH3-].[Y].[Y]. The van der Waals surface area contributed by atoms with Crippen LogP contribution in [0.4, 0.5) is 0 Å². The molecule has 2 nitrogen and oxygen atoms in total. The van der Waals surface area contributed by atoms with E-state index in [2.05, 4.69) is 18.3 Å². The first kappa shape index (κ1) is 17.0. The Hall–Kier alpha value is 1.03. The van der Waals surface area contributed by atoms with E-state index in [4.69, 9.17) is 0 Å². The third-order valence-corrected chi connectivity index (χ3v) is 3.34. The molecule has 82 valence electrons. The molecule has 0 aromatic rings. The summed E-state index contributed by atoms with van der Waals surface area (Å²) in [7, 11) is 0. The van der Waals surface area contributed by atoms with E-state index in [1.54, 1.807) is 6.08 Å². The molecule has 1 N–H and O–H groups in total. The number of carbonyl (C=O) groups excluding carboxylic acids is 1. The van der Waals surface area contributed by atoms with Gasteiger partial charge in [0.05, 0.1) is 0 Å². The van der Waals surface area contributed by atoms with Crippen molar-refractivity contribution >= 4 is 5.78 Å². The summed E-state index contributed by atoms with van der Waals surface area (Å²) in [5, 5.41) is 3.29. The van der Waals surface area contributed by atoms with Gasteiger partial charge in [-0.3, -0.25) is 0 Å². The monoisotopic (exact) mass is 366 g/mol. The maximum Gasteiger partial charge on any atom is 0.0145 e. The molecule has 2 atom stereocenters. The first-order valence-electron chi connectivity index (χ1n) is 4.70. The van der Waals surface area contributed by atoms with Gasteiger partial charge in [0.25, 0.3) is 0 Å². The molecule has 3 rings (SSSR count). The Labute approximate surface area is 148 Å². The molecule has 0 aromatic heterocycles. The summed E-state index contributed by atoms with van der Waals surface area (Å²) in [5.74, 6) is 0.727. The van der Waals surface area contributed by atoms with Crippen molar-refractivity contribution in [3.8, 4) is 0 Å². The van der Waals surface area contributed by atoms with Crippen molar-refractivity contribution < 1.29 is 70.2 Å². The molecule has 1 spiro atoms. The topological polar surface area (TPSA) is 29.1 Å². The Morgan fingerprint density at radius 3 is 2.88 bits per heavy atom. The molecular formula is C12H14NOY2-3. The van der Waals surface area contributed by atoms with E-state index >= 15 is 0 Å². The number of nitrogens with one attached hydrogen (secondary N) is 1. The van der Waals surface area contributed by atoms with Gasteiger partial charge in [0.2, 0.25) is 0 Å². The third kappa shape index (κ3) is 2.41. The van der Waals surface area contributed by atoms with Gasteiger partial charge in [0.1, 0.15) is 0 Å². The van der Waals surface area contributed by atoms with Gasteiger partial charge in [-0.1, -0.05) is 11.8 Å². The van der Waals surface area contributed by atoms with E-state index in [-0.39, 0.29) is 84.0 Å². The molecule has 1 aliphatic heterocycles. The minimum absolute atomic E-state index is 0. The molecule has 2 unspecified atom stereocenters. The van der Waals surface area contributed by atoms with Gasteiger partial charge >= 0.3 is 0 Å². The van der Waals surface area contributed by atoms with E-state index < -0.39 is 0 Å². The average Bonchev–Trinajstić information content (AvgIpc) is 2.78. The molecular weight excluding hydrogens is 352 g/mol. The Morgan fingerprint density at radius 2 is 2.19 bits per heavy atom. The Morgan fingerprint density at radius 1 is 1.50 bits per heavy atom. The Bertz CT molecular complexity index is 362. The van der Waals surface area contributed by atoms with Crippen LogP contribution in [0.15, 0.2) is 17.3 Å². The van der Waals surface area contributed by atoms with Crippen molar-refractivity contribution in [3.05, 3.63) is 37.8 Å². The van der Waals surface area contributed by atoms with E-state index in [0.717, 1.165) is 18.7 Å². The second-order valence-electron chi connectivity index (χ2n) is 4.11. The van der Waals surface area contributed by atoms with Crippen LogP contribution in [0.2, 0.25) is 0 Å². The van der Waals surface area contributed by atoms with E-state index in [0.29, 0.717) is 11.5 Å². The summed E-state index contributed by atoms with van der Waals surface area (Å²) < 4.78 is 0. The van der Waals surface area contributed by atoms with Crippen LogP contribution < -0.4 is 5.32 Å². The van der Waals surface area contributed by atoms with E-state index in [1.165, 1.54) is 6.42 Å². The molecule has 1 saturated carbocycles. The summed E-state index contributed by atoms with van der Waals surface area (Å²) in [6, 6.07) is 0. The molecule has 0 aromatic carbocycles. The van der Waals surface area contributed by atoms with Crippen molar-refractivity contribution in [2.75, 3.05) is 6.54 Å². The normalized spacial score (nSPS) is 33.2. The van der Waals surface area contributed by atoms with Crippen LogP contribution in [-0.4, -0.2) is 12.3 Å². The van der Waals surface area contributed by atoms with Gasteiger partial charge in [-0.2, -0.15) is 0 Å². The molecule has 1 saturated heterocycles. The van der Waals surface area contributed by atoms with Crippen LogP contribution in [0.5, 0.6) is 0 Å². The van der Waals surface area contributed by atoms with Gasteiger partial charge in [-0.15, -0.1) is 6.08 Å².